The summed E-state index contributed by atoms with van der Waals surface area (Å²) < 4.78 is 0. The number of carbonyl (C=O) groups excluding carboxylic acids is 1. The number of nitrogens with two attached hydrogens (primary N) is 1. The second-order valence-electron chi connectivity index (χ2n) is 3.19. The van der Waals surface area contributed by atoms with Crippen LogP contribution in [-0.2, 0) is 0 Å². The molecule has 0 saturated heterocycles. The monoisotopic (exact) mass is 217 g/mol. The Bertz CT molecular complexity index is 462. The molecule has 0 radical (unpaired) electrons. The molecule has 0 unspecified atom stereocenters. The Morgan fingerprint density at radius 2 is 1.88 bits per heavy atom. The van der Waals surface area contributed by atoms with Crippen molar-refractivity contribution in [3.63, 3.8) is 0 Å². The minimum atomic E-state index is -0.328. The molecule has 82 valence electrons. The number of aromatic nitrogens is 2. The van der Waals surface area contributed by atoms with E-state index < -0.39 is 0 Å². The van der Waals surface area contributed by atoms with Crippen LogP contribution < -0.4 is 16.4 Å². The van der Waals surface area contributed by atoms with Crippen molar-refractivity contribution in [1.29, 1.82) is 0 Å². The molecule has 5 N–H and O–H groups in total. The normalized spacial score (nSPS) is 9.75. The first-order valence-electron chi connectivity index (χ1n) is 4.66. The summed E-state index contributed by atoms with van der Waals surface area (Å²) in [6.07, 6.45) is 3.10. The van der Waals surface area contributed by atoms with E-state index in [1.165, 1.54) is 6.20 Å². The SMILES string of the molecule is Nc1ccc(NC(=O)Nc2cn[nH]c2)cc1. The van der Waals surface area contributed by atoms with Gasteiger partial charge in [0.15, 0.2) is 0 Å². The molecule has 0 spiro atoms. The van der Waals surface area contributed by atoms with Gasteiger partial charge in [0, 0.05) is 17.6 Å². The first-order valence-corrected chi connectivity index (χ1v) is 4.66. The highest BCUT2D eigenvalue weighted by Crippen LogP contribution is 2.11. The van der Waals surface area contributed by atoms with E-state index >= 15 is 0 Å². The molecule has 0 bridgehead atoms. The Hall–Kier alpha value is -2.50. The van der Waals surface area contributed by atoms with E-state index in [4.69, 9.17) is 5.73 Å². The Morgan fingerprint density at radius 1 is 1.19 bits per heavy atom. The lowest BCUT2D eigenvalue weighted by Gasteiger charge is -2.05. The molecular formula is C10H11N5O. The van der Waals surface area contributed by atoms with E-state index in [0.717, 1.165) is 0 Å². The van der Waals surface area contributed by atoms with E-state index in [9.17, 15) is 4.79 Å². The number of urea groups is 1. The van der Waals surface area contributed by atoms with Crippen molar-refractivity contribution >= 4 is 23.1 Å². The van der Waals surface area contributed by atoms with Gasteiger partial charge in [-0.3, -0.25) is 5.10 Å². The third kappa shape index (κ3) is 2.50. The van der Waals surface area contributed by atoms with Crippen molar-refractivity contribution in [1.82, 2.24) is 10.2 Å². The molecule has 2 rings (SSSR count). The van der Waals surface area contributed by atoms with Crippen LogP contribution in [0.5, 0.6) is 0 Å². The smallest absolute Gasteiger partial charge is 0.323 e. The predicted octanol–water partition coefficient (Wildman–Crippen LogP) is 1.64. The fourth-order valence-electron chi connectivity index (χ4n) is 1.18. The molecule has 0 aliphatic carbocycles. The standard InChI is InChI=1S/C10H11N5O/c11-7-1-3-8(4-2-7)14-10(16)15-9-5-12-13-6-9/h1-6H,11H2,(H,12,13)(H2,14,15,16). The second-order valence-corrected chi connectivity index (χ2v) is 3.19. The number of amides is 2. The average Bonchev–Trinajstić information content (AvgIpc) is 2.74. The summed E-state index contributed by atoms with van der Waals surface area (Å²) in [5.41, 5.74) is 7.46. The fourth-order valence-corrected chi connectivity index (χ4v) is 1.18. The van der Waals surface area contributed by atoms with Crippen LogP contribution in [0.4, 0.5) is 21.9 Å². The third-order valence-corrected chi connectivity index (χ3v) is 1.92. The lowest BCUT2D eigenvalue weighted by atomic mass is 10.3. The zero-order valence-electron chi connectivity index (χ0n) is 8.40. The Labute approximate surface area is 91.9 Å². The Kier molecular flexibility index (Phi) is 2.73. The summed E-state index contributed by atoms with van der Waals surface area (Å²) >= 11 is 0. The minimum Gasteiger partial charge on any atom is -0.399 e. The van der Waals surface area contributed by atoms with Crippen LogP contribution in [0.1, 0.15) is 0 Å². The van der Waals surface area contributed by atoms with Gasteiger partial charge in [-0.25, -0.2) is 4.79 Å². The third-order valence-electron chi connectivity index (χ3n) is 1.92. The van der Waals surface area contributed by atoms with E-state index in [1.54, 1.807) is 30.5 Å². The molecule has 2 amide bonds. The summed E-state index contributed by atoms with van der Waals surface area (Å²) in [4.78, 5) is 11.5. The maximum atomic E-state index is 11.5. The molecule has 0 saturated carbocycles. The molecular weight excluding hydrogens is 206 g/mol. The van der Waals surface area contributed by atoms with Gasteiger partial charge in [0.1, 0.15) is 0 Å². The lowest BCUT2D eigenvalue weighted by molar-refractivity contribution is 0.262. The van der Waals surface area contributed by atoms with Crippen molar-refractivity contribution < 1.29 is 4.79 Å². The van der Waals surface area contributed by atoms with Gasteiger partial charge in [-0.15, -0.1) is 0 Å². The highest BCUT2D eigenvalue weighted by Gasteiger charge is 2.02. The van der Waals surface area contributed by atoms with Gasteiger partial charge in [-0.2, -0.15) is 5.10 Å². The molecule has 1 aromatic carbocycles. The molecule has 2 aromatic rings. The number of hydrogen-bond acceptors (Lipinski definition) is 3. The highest BCUT2D eigenvalue weighted by molar-refractivity contribution is 5.99. The van der Waals surface area contributed by atoms with E-state index in [2.05, 4.69) is 20.8 Å². The molecule has 6 heteroatoms. The minimum absolute atomic E-state index is 0.328. The Morgan fingerprint density at radius 3 is 2.50 bits per heavy atom. The molecule has 0 aliphatic rings. The number of nitrogens with zero attached hydrogens (tertiary/aromatic N) is 1. The summed E-state index contributed by atoms with van der Waals surface area (Å²) in [6.45, 7) is 0. The molecule has 1 heterocycles. The summed E-state index contributed by atoms with van der Waals surface area (Å²) in [7, 11) is 0. The van der Waals surface area contributed by atoms with Gasteiger partial charge < -0.3 is 16.4 Å². The topological polar surface area (TPSA) is 95.8 Å². The number of nitrogen functional groups attached to an aromatic ring is 1. The number of rotatable bonds is 2. The number of hydrogen-bond donors (Lipinski definition) is 4. The largest absolute Gasteiger partial charge is 0.399 e. The van der Waals surface area contributed by atoms with Crippen molar-refractivity contribution in [2.24, 2.45) is 0 Å². The summed E-state index contributed by atoms with van der Waals surface area (Å²) in [6, 6.07) is 6.56. The van der Waals surface area contributed by atoms with Gasteiger partial charge in [-0.05, 0) is 24.3 Å². The molecule has 0 atom stereocenters. The number of anilines is 3. The zero-order valence-corrected chi connectivity index (χ0v) is 8.40. The van der Waals surface area contributed by atoms with Crippen LogP contribution in [0.2, 0.25) is 0 Å². The number of nitrogens with one attached hydrogen (secondary N) is 3. The van der Waals surface area contributed by atoms with E-state index in [-0.39, 0.29) is 6.03 Å². The van der Waals surface area contributed by atoms with Gasteiger partial charge in [0.2, 0.25) is 0 Å². The van der Waals surface area contributed by atoms with Crippen LogP contribution in [0.25, 0.3) is 0 Å². The van der Waals surface area contributed by atoms with Crippen molar-refractivity contribution in [2.75, 3.05) is 16.4 Å². The van der Waals surface area contributed by atoms with Gasteiger partial charge in [0.05, 0.1) is 11.9 Å². The molecule has 16 heavy (non-hydrogen) atoms. The second kappa shape index (κ2) is 4.35. The maximum absolute atomic E-state index is 11.5. The van der Waals surface area contributed by atoms with Gasteiger partial charge >= 0.3 is 6.03 Å². The van der Waals surface area contributed by atoms with E-state index in [0.29, 0.717) is 17.1 Å². The quantitative estimate of drug-likeness (QED) is 0.576. The summed E-state index contributed by atoms with van der Waals surface area (Å²) in [5.74, 6) is 0. The van der Waals surface area contributed by atoms with Gasteiger partial charge in [0.25, 0.3) is 0 Å². The van der Waals surface area contributed by atoms with Crippen LogP contribution in [-0.4, -0.2) is 16.2 Å². The number of H-pyrrole nitrogens is 1. The van der Waals surface area contributed by atoms with Crippen molar-refractivity contribution in [3.05, 3.63) is 36.7 Å². The fraction of sp³-hybridized carbons (Fsp3) is 0. The Balaban J connectivity index is 1.95. The van der Waals surface area contributed by atoms with E-state index in [1.807, 2.05) is 0 Å². The van der Waals surface area contributed by atoms with Crippen LogP contribution in [0, 0.1) is 0 Å². The summed E-state index contributed by atoms with van der Waals surface area (Å²) in [5, 5.41) is 11.6. The molecule has 6 nitrogen and oxygen atoms in total. The number of carbonyl (C=O) groups is 1. The maximum Gasteiger partial charge on any atom is 0.323 e. The molecule has 0 fully saturated rings. The predicted molar refractivity (Wildman–Crippen MR) is 62.1 cm³/mol. The van der Waals surface area contributed by atoms with Crippen LogP contribution in [0.15, 0.2) is 36.7 Å². The number of benzene rings is 1. The van der Waals surface area contributed by atoms with Crippen molar-refractivity contribution in [3.8, 4) is 0 Å². The first kappa shape index (κ1) is 10.0. The molecule has 0 aliphatic heterocycles. The van der Waals surface area contributed by atoms with Gasteiger partial charge in [-0.1, -0.05) is 0 Å². The first-order chi connectivity index (χ1) is 7.74. The zero-order chi connectivity index (χ0) is 11.4. The van der Waals surface area contributed by atoms with Crippen LogP contribution in [0.3, 0.4) is 0 Å². The highest BCUT2D eigenvalue weighted by atomic mass is 16.2. The van der Waals surface area contributed by atoms with Crippen molar-refractivity contribution in [2.45, 2.75) is 0 Å². The van der Waals surface area contributed by atoms with Crippen LogP contribution >= 0.6 is 0 Å². The lowest BCUT2D eigenvalue weighted by Crippen LogP contribution is -2.18. The number of aromatic amines is 1. The molecule has 1 aromatic heterocycles. The average molecular weight is 217 g/mol.